The summed E-state index contributed by atoms with van der Waals surface area (Å²) in [4.78, 5) is 15.0. The predicted octanol–water partition coefficient (Wildman–Crippen LogP) is 2.04. The van der Waals surface area contributed by atoms with Crippen LogP contribution in [0, 0.1) is 17.3 Å². The molecule has 3 rings (SSSR count). The molecule has 1 N–H and O–H groups in total. The van der Waals surface area contributed by atoms with Crippen LogP contribution in [0.3, 0.4) is 0 Å². The van der Waals surface area contributed by atoms with E-state index in [4.69, 9.17) is 4.74 Å². The van der Waals surface area contributed by atoms with Gasteiger partial charge in [-0.1, -0.05) is 0 Å². The summed E-state index contributed by atoms with van der Waals surface area (Å²) in [5.74, 6) is 2.04. The number of rotatable bonds is 2. The van der Waals surface area contributed by atoms with Gasteiger partial charge in [0, 0.05) is 32.8 Å². The van der Waals surface area contributed by atoms with E-state index >= 15 is 0 Å². The summed E-state index contributed by atoms with van der Waals surface area (Å²) in [5.41, 5.74) is -0.163. The zero-order chi connectivity index (χ0) is 14.7. The van der Waals surface area contributed by atoms with Crippen LogP contribution in [0.25, 0.3) is 0 Å². The van der Waals surface area contributed by atoms with Gasteiger partial charge in [-0.25, -0.2) is 0 Å². The highest BCUT2D eigenvalue weighted by Crippen LogP contribution is 2.34. The molecule has 3 fully saturated rings. The van der Waals surface area contributed by atoms with Gasteiger partial charge < -0.3 is 15.0 Å². The Kier molecular flexibility index (Phi) is 4.85. The monoisotopic (exact) mass is 294 g/mol. The first kappa shape index (κ1) is 15.3. The molecule has 0 bridgehead atoms. The standard InChI is InChI=1S/C17H30N2O2/c1-17(7-2-8-18-13-17)16(20)19-9-3-14(4-10-19)15-5-11-21-12-6-15/h14-15,18H,2-13H2,1H3/t17-/m0/s1. The maximum atomic E-state index is 12.8. The first-order valence-electron chi connectivity index (χ1n) is 8.77. The number of nitrogens with zero attached hydrogens (tertiary/aromatic N) is 1. The molecule has 3 heterocycles. The molecule has 0 aromatic carbocycles. The molecule has 0 unspecified atom stereocenters. The molecule has 0 radical (unpaired) electrons. The van der Waals surface area contributed by atoms with Crippen LogP contribution in [0.2, 0.25) is 0 Å². The lowest BCUT2D eigenvalue weighted by Gasteiger charge is -2.42. The van der Waals surface area contributed by atoms with Gasteiger partial charge in [-0.05, 0) is 63.8 Å². The van der Waals surface area contributed by atoms with Crippen molar-refractivity contribution in [3.8, 4) is 0 Å². The number of carbonyl (C=O) groups excluding carboxylic acids is 1. The van der Waals surface area contributed by atoms with Gasteiger partial charge >= 0.3 is 0 Å². The molecule has 3 aliphatic rings. The van der Waals surface area contributed by atoms with Crippen molar-refractivity contribution in [1.29, 1.82) is 0 Å². The molecular formula is C17H30N2O2. The third-order valence-corrected chi connectivity index (χ3v) is 5.87. The number of ether oxygens (including phenoxy) is 1. The van der Waals surface area contributed by atoms with E-state index in [1.165, 1.54) is 25.7 Å². The second kappa shape index (κ2) is 6.66. The summed E-state index contributed by atoms with van der Waals surface area (Å²) in [6, 6.07) is 0. The van der Waals surface area contributed by atoms with E-state index in [0.717, 1.165) is 64.1 Å². The Labute approximate surface area is 128 Å². The molecule has 0 aromatic heterocycles. The van der Waals surface area contributed by atoms with E-state index in [1.807, 2.05) is 0 Å². The van der Waals surface area contributed by atoms with Gasteiger partial charge in [0.15, 0.2) is 0 Å². The summed E-state index contributed by atoms with van der Waals surface area (Å²) >= 11 is 0. The molecule has 3 aliphatic heterocycles. The van der Waals surface area contributed by atoms with Crippen LogP contribution in [0.4, 0.5) is 0 Å². The minimum absolute atomic E-state index is 0.163. The number of hydrogen-bond acceptors (Lipinski definition) is 3. The quantitative estimate of drug-likeness (QED) is 0.847. The summed E-state index contributed by atoms with van der Waals surface area (Å²) in [7, 11) is 0. The molecule has 0 aliphatic carbocycles. The Balaban J connectivity index is 1.51. The van der Waals surface area contributed by atoms with Gasteiger partial charge in [0.05, 0.1) is 5.41 Å². The first-order valence-corrected chi connectivity index (χ1v) is 8.77. The molecule has 4 heteroatoms. The smallest absolute Gasteiger partial charge is 0.229 e. The van der Waals surface area contributed by atoms with E-state index < -0.39 is 0 Å². The average Bonchev–Trinajstić information content (AvgIpc) is 2.56. The molecule has 0 saturated carbocycles. The van der Waals surface area contributed by atoms with Gasteiger partial charge in [0.25, 0.3) is 0 Å². The minimum Gasteiger partial charge on any atom is -0.381 e. The first-order chi connectivity index (χ1) is 10.2. The molecule has 1 amide bonds. The summed E-state index contributed by atoms with van der Waals surface area (Å²) in [5, 5.41) is 3.39. The highest BCUT2D eigenvalue weighted by atomic mass is 16.5. The fraction of sp³-hybridized carbons (Fsp3) is 0.941. The lowest BCUT2D eigenvalue weighted by Crippen LogP contribution is -2.52. The van der Waals surface area contributed by atoms with Crippen molar-refractivity contribution in [3.05, 3.63) is 0 Å². The minimum atomic E-state index is -0.163. The lowest BCUT2D eigenvalue weighted by atomic mass is 9.78. The Morgan fingerprint density at radius 2 is 1.81 bits per heavy atom. The topological polar surface area (TPSA) is 41.6 Å². The van der Waals surface area contributed by atoms with Gasteiger partial charge in [-0.3, -0.25) is 4.79 Å². The fourth-order valence-corrected chi connectivity index (χ4v) is 4.38. The van der Waals surface area contributed by atoms with Crippen LogP contribution in [-0.4, -0.2) is 50.2 Å². The van der Waals surface area contributed by atoms with Crippen LogP contribution in [0.1, 0.15) is 45.4 Å². The molecule has 3 saturated heterocycles. The number of hydrogen-bond donors (Lipinski definition) is 1. The summed E-state index contributed by atoms with van der Waals surface area (Å²) in [6.45, 7) is 7.88. The second-order valence-corrected chi connectivity index (χ2v) is 7.42. The maximum Gasteiger partial charge on any atom is 0.229 e. The maximum absolute atomic E-state index is 12.8. The number of likely N-dealkylation sites (tertiary alicyclic amines) is 1. The van der Waals surface area contributed by atoms with Crippen LogP contribution in [0.5, 0.6) is 0 Å². The Morgan fingerprint density at radius 1 is 1.14 bits per heavy atom. The van der Waals surface area contributed by atoms with Crippen LogP contribution in [0.15, 0.2) is 0 Å². The molecule has 0 aromatic rings. The van der Waals surface area contributed by atoms with E-state index in [1.54, 1.807) is 0 Å². The molecule has 21 heavy (non-hydrogen) atoms. The van der Waals surface area contributed by atoms with Crippen molar-refractivity contribution in [2.45, 2.75) is 45.4 Å². The largest absolute Gasteiger partial charge is 0.381 e. The number of piperidine rings is 2. The molecule has 0 spiro atoms. The number of nitrogens with one attached hydrogen (secondary N) is 1. The zero-order valence-corrected chi connectivity index (χ0v) is 13.4. The second-order valence-electron chi connectivity index (χ2n) is 7.42. The molecular weight excluding hydrogens is 264 g/mol. The van der Waals surface area contributed by atoms with Gasteiger partial charge in [0.2, 0.25) is 5.91 Å². The van der Waals surface area contributed by atoms with Crippen LogP contribution >= 0.6 is 0 Å². The van der Waals surface area contributed by atoms with E-state index in [9.17, 15) is 4.79 Å². The highest BCUT2D eigenvalue weighted by molar-refractivity contribution is 5.82. The van der Waals surface area contributed by atoms with Crippen molar-refractivity contribution in [1.82, 2.24) is 10.2 Å². The van der Waals surface area contributed by atoms with Crippen LogP contribution in [-0.2, 0) is 9.53 Å². The third kappa shape index (κ3) is 3.42. The van der Waals surface area contributed by atoms with E-state index in [2.05, 4.69) is 17.1 Å². The Morgan fingerprint density at radius 3 is 2.43 bits per heavy atom. The SMILES string of the molecule is C[C@]1(C(=O)N2CCC(C3CCOCC3)CC2)CCCNC1. The number of carbonyl (C=O) groups is 1. The zero-order valence-electron chi connectivity index (χ0n) is 13.4. The normalized spacial score (nSPS) is 33.1. The Hall–Kier alpha value is -0.610. The van der Waals surface area contributed by atoms with Gasteiger partial charge in [0.1, 0.15) is 0 Å². The van der Waals surface area contributed by atoms with Crippen LogP contribution < -0.4 is 5.32 Å². The third-order valence-electron chi connectivity index (χ3n) is 5.87. The van der Waals surface area contributed by atoms with Crippen molar-refractivity contribution in [2.75, 3.05) is 39.4 Å². The van der Waals surface area contributed by atoms with Crippen molar-refractivity contribution in [2.24, 2.45) is 17.3 Å². The lowest BCUT2D eigenvalue weighted by molar-refractivity contribution is -0.144. The predicted molar refractivity (Wildman–Crippen MR) is 83.1 cm³/mol. The molecule has 4 nitrogen and oxygen atoms in total. The Bertz CT molecular complexity index is 352. The van der Waals surface area contributed by atoms with E-state index in [0.29, 0.717) is 5.91 Å². The fourth-order valence-electron chi connectivity index (χ4n) is 4.38. The van der Waals surface area contributed by atoms with Gasteiger partial charge in [-0.15, -0.1) is 0 Å². The number of amides is 1. The molecule has 120 valence electrons. The van der Waals surface area contributed by atoms with Crippen molar-refractivity contribution in [3.63, 3.8) is 0 Å². The van der Waals surface area contributed by atoms with Crippen molar-refractivity contribution < 1.29 is 9.53 Å². The van der Waals surface area contributed by atoms with Gasteiger partial charge in [-0.2, -0.15) is 0 Å². The summed E-state index contributed by atoms with van der Waals surface area (Å²) < 4.78 is 5.47. The highest BCUT2D eigenvalue weighted by Gasteiger charge is 2.39. The summed E-state index contributed by atoms with van der Waals surface area (Å²) in [6.07, 6.45) is 7.00. The van der Waals surface area contributed by atoms with Crippen molar-refractivity contribution >= 4 is 5.91 Å². The van der Waals surface area contributed by atoms with E-state index in [-0.39, 0.29) is 5.41 Å². The average molecular weight is 294 g/mol. The molecule has 1 atom stereocenters.